The maximum atomic E-state index is 8.36. The zero-order valence-electron chi connectivity index (χ0n) is 8.01. The molecule has 1 aromatic rings. The van der Waals surface area contributed by atoms with Crippen LogP contribution in [-0.2, 0) is 6.54 Å². The molecule has 0 saturated carbocycles. The van der Waals surface area contributed by atoms with Crippen LogP contribution in [0.25, 0.3) is 0 Å². The Kier molecular flexibility index (Phi) is 3.49. The molecule has 0 aromatic carbocycles. The molecule has 0 radical (unpaired) electrons. The van der Waals surface area contributed by atoms with Crippen LogP contribution in [0.15, 0.2) is 17.5 Å². The highest BCUT2D eigenvalue weighted by molar-refractivity contribution is 5.74. The lowest BCUT2D eigenvalue weighted by Gasteiger charge is -2.06. The van der Waals surface area contributed by atoms with Gasteiger partial charge in [0, 0.05) is 18.9 Å². The van der Waals surface area contributed by atoms with Crippen LogP contribution in [-0.4, -0.2) is 21.0 Å². The summed E-state index contributed by atoms with van der Waals surface area (Å²) in [5.41, 5.74) is 0. The van der Waals surface area contributed by atoms with Crippen molar-refractivity contribution in [1.29, 1.82) is 0 Å². The zero-order chi connectivity index (χ0) is 9.68. The Hall–Kier alpha value is -1.32. The van der Waals surface area contributed by atoms with Gasteiger partial charge in [0.1, 0.15) is 6.21 Å². The number of aromatic nitrogens is 2. The molecule has 1 aromatic heterocycles. The Morgan fingerprint density at radius 1 is 1.69 bits per heavy atom. The van der Waals surface area contributed by atoms with Crippen molar-refractivity contribution >= 4 is 6.21 Å². The minimum atomic E-state index is 0.668. The van der Waals surface area contributed by atoms with Crippen molar-refractivity contribution in [2.45, 2.75) is 26.8 Å². The Morgan fingerprint density at radius 2 is 2.46 bits per heavy atom. The normalized spacial score (nSPS) is 11.6. The smallest absolute Gasteiger partial charge is 0.154 e. The van der Waals surface area contributed by atoms with Crippen molar-refractivity contribution in [3.63, 3.8) is 0 Å². The van der Waals surface area contributed by atoms with Crippen molar-refractivity contribution < 1.29 is 5.21 Å². The molecular weight excluding hydrogens is 166 g/mol. The first kappa shape index (κ1) is 9.77. The molecule has 0 bridgehead atoms. The fourth-order valence-electron chi connectivity index (χ4n) is 1.09. The molecular formula is C9H15N3O. The highest BCUT2D eigenvalue weighted by atomic mass is 16.4. The summed E-state index contributed by atoms with van der Waals surface area (Å²) in [6.07, 6.45) is 6.04. The summed E-state index contributed by atoms with van der Waals surface area (Å²) >= 11 is 0. The molecule has 72 valence electrons. The number of imidazole rings is 1. The number of aryl methyl sites for hydroxylation is 1. The lowest BCUT2D eigenvalue weighted by atomic mass is 10.1. The van der Waals surface area contributed by atoms with E-state index in [-0.39, 0.29) is 0 Å². The molecule has 0 unspecified atom stereocenters. The van der Waals surface area contributed by atoms with E-state index >= 15 is 0 Å². The molecule has 0 saturated heterocycles. The molecule has 0 spiro atoms. The molecule has 13 heavy (non-hydrogen) atoms. The molecule has 4 nitrogen and oxygen atoms in total. The second-order valence-corrected chi connectivity index (χ2v) is 3.41. The van der Waals surface area contributed by atoms with Crippen LogP contribution in [0.5, 0.6) is 0 Å². The number of nitrogens with zero attached hydrogens (tertiary/aromatic N) is 3. The maximum absolute atomic E-state index is 8.36. The summed E-state index contributed by atoms with van der Waals surface area (Å²) in [5.74, 6) is 1.37. The first-order chi connectivity index (χ1) is 6.24. The standard InChI is InChI=1S/C9H15N3O/c1-8(2)3-5-12-6-4-10-9(12)7-11-13/h4,6-8,13H,3,5H2,1-2H3/b11-7-. The quantitative estimate of drug-likeness (QED) is 0.437. The molecule has 4 heteroatoms. The zero-order valence-corrected chi connectivity index (χ0v) is 8.01. The van der Waals surface area contributed by atoms with Gasteiger partial charge in [-0.1, -0.05) is 19.0 Å². The monoisotopic (exact) mass is 181 g/mol. The molecule has 0 fully saturated rings. The lowest BCUT2D eigenvalue weighted by molar-refractivity contribution is 0.321. The van der Waals surface area contributed by atoms with E-state index in [1.165, 1.54) is 6.21 Å². The second kappa shape index (κ2) is 4.64. The third kappa shape index (κ3) is 2.89. The van der Waals surface area contributed by atoms with Gasteiger partial charge in [0.25, 0.3) is 0 Å². The van der Waals surface area contributed by atoms with Crippen LogP contribution >= 0.6 is 0 Å². The summed E-state index contributed by atoms with van der Waals surface area (Å²) in [5, 5.41) is 11.3. The highest BCUT2D eigenvalue weighted by Crippen LogP contribution is 2.04. The van der Waals surface area contributed by atoms with Gasteiger partial charge in [-0.05, 0) is 12.3 Å². The van der Waals surface area contributed by atoms with Gasteiger partial charge in [0.05, 0.1) is 0 Å². The molecule has 0 aliphatic carbocycles. The molecule has 0 atom stereocenters. The fourth-order valence-corrected chi connectivity index (χ4v) is 1.09. The predicted octanol–water partition coefficient (Wildman–Crippen LogP) is 1.74. The van der Waals surface area contributed by atoms with Crippen molar-refractivity contribution in [1.82, 2.24) is 9.55 Å². The summed E-state index contributed by atoms with van der Waals surface area (Å²) < 4.78 is 1.97. The first-order valence-corrected chi connectivity index (χ1v) is 4.42. The van der Waals surface area contributed by atoms with E-state index in [0.717, 1.165) is 13.0 Å². The largest absolute Gasteiger partial charge is 0.411 e. The number of rotatable bonds is 4. The highest BCUT2D eigenvalue weighted by Gasteiger charge is 2.00. The number of hydrogen-bond acceptors (Lipinski definition) is 3. The van der Waals surface area contributed by atoms with E-state index in [9.17, 15) is 0 Å². The van der Waals surface area contributed by atoms with Crippen LogP contribution in [0.2, 0.25) is 0 Å². The first-order valence-electron chi connectivity index (χ1n) is 4.42. The van der Waals surface area contributed by atoms with Crippen LogP contribution in [0.3, 0.4) is 0 Å². The van der Waals surface area contributed by atoms with Gasteiger partial charge in [-0.15, -0.1) is 0 Å². The van der Waals surface area contributed by atoms with Crippen LogP contribution in [0.4, 0.5) is 0 Å². The molecule has 1 heterocycles. The lowest BCUT2D eigenvalue weighted by Crippen LogP contribution is -2.04. The molecule has 0 aliphatic rings. The Morgan fingerprint density at radius 3 is 3.08 bits per heavy atom. The van der Waals surface area contributed by atoms with Crippen molar-refractivity contribution in [2.24, 2.45) is 11.1 Å². The minimum Gasteiger partial charge on any atom is -0.411 e. The van der Waals surface area contributed by atoms with Gasteiger partial charge >= 0.3 is 0 Å². The van der Waals surface area contributed by atoms with Crippen LogP contribution < -0.4 is 0 Å². The minimum absolute atomic E-state index is 0.668. The van der Waals surface area contributed by atoms with E-state index in [4.69, 9.17) is 5.21 Å². The van der Waals surface area contributed by atoms with E-state index in [1.807, 2.05) is 10.8 Å². The van der Waals surface area contributed by atoms with Gasteiger partial charge in [-0.3, -0.25) is 0 Å². The van der Waals surface area contributed by atoms with E-state index < -0.39 is 0 Å². The molecule has 0 aliphatic heterocycles. The SMILES string of the molecule is CC(C)CCn1ccnc1/C=N\O. The maximum Gasteiger partial charge on any atom is 0.154 e. The van der Waals surface area contributed by atoms with Crippen LogP contribution in [0.1, 0.15) is 26.1 Å². The topological polar surface area (TPSA) is 50.4 Å². The fraction of sp³-hybridized carbons (Fsp3) is 0.556. The van der Waals surface area contributed by atoms with Gasteiger partial charge in [-0.2, -0.15) is 0 Å². The number of oxime groups is 1. The Balaban J connectivity index is 2.60. The van der Waals surface area contributed by atoms with E-state index in [1.54, 1.807) is 6.20 Å². The number of hydrogen-bond donors (Lipinski definition) is 1. The predicted molar refractivity (Wildman–Crippen MR) is 51.1 cm³/mol. The molecule has 1 N–H and O–H groups in total. The van der Waals surface area contributed by atoms with Crippen molar-refractivity contribution in [3.8, 4) is 0 Å². The van der Waals surface area contributed by atoms with Gasteiger partial charge < -0.3 is 9.77 Å². The van der Waals surface area contributed by atoms with Crippen molar-refractivity contribution in [3.05, 3.63) is 18.2 Å². The molecule has 0 amide bonds. The summed E-state index contributed by atoms with van der Waals surface area (Å²) in [7, 11) is 0. The molecule has 1 rings (SSSR count). The third-order valence-electron chi connectivity index (χ3n) is 1.87. The van der Waals surface area contributed by atoms with Gasteiger partial charge in [-0.25, -0.2) is 4.98 Å². The summed E-state index contributed by atoms with van der Waals surface area (Å²) in [4.78, 5) is 4.04. The van der Waals surface area contributed by atoms with Gasteiger partial charge in [0.2, 0.25) is 0 Å². The summed E-state index contributed by atoms with van der Waals surface area (Å²) in [6, 6.07) is 0. The third-order valence-corrected chi connectivity index (χ3v) is 1.87. The van der Waals surface area contributed by atoms with E-state index in [0.29, 0.717) is 11.7 Å². The van der Waals surface area contributed by atoms with E-state index in [2.05, 4.69) is 24.0 Å². The summed E-state index contributed by atoms with van der Waals surface area (Å²) in [6.45, 7) is 5.27. The average molecular weight is 181 g/mol. The Bertz CT molecular complexity index is 278. The van der Waals surface area contributed by atoms with Crippen molar-refractivity contribution in [2.75, 3.05) is 0 Å². The average Bonchev–Trinajstić information content (AvgIpc) is 2.49. The second-order valence-electron chi connectivity index (χ2n) is 3.41. The van der Waals surface area contributed by atoms with Crippen LogP contribution in [0, 0.1) is 5.92 Å². The Labute approximate surface area is 77.9 Å². The van der Waals surface area contributed by atoms with Gasteiger partial charge in [0.15, 0.2) is 5.82 Å².